The zero-order valence-corrected chi connectivity index (χ0v) is 7.53. The van der Waals surface area contributed by atoms with E-state index in [4.69, 9.17) is 0 Å². The molecule has 66 valence electrons. The van der Waals surface area contributed by atoms with Crippen LogP contribution in [-0.4, -0.2) is 6.04 Å². The minimum absolute atomic E-state index is 0.514. The Bertz CT molecular complexity index is 344. The van der Waals surface area contributed by atoms with Gasteiger partial charge in [-0.25, -0.2) is 0 Å². The van der Waals surface area contributed by atoms with E-state index in [2.05, 4.69) is 41.8 Å². The van der Waals surface area contributed by atoms with Crippen molar-refractivity contribution in [3.8, 4) is 0 Å². The highest BCUT2D eigenvalue weighted by atomic mass is 15.0. The molecule has 0 spiro atoms. The Morgan fingerprint density at radius 3 is 2.92 bits per heavy atom. The Hall–Kier alpha value is -1.24. The van der Waals surface area contributed by atoms with Crippen LogP contribution < -0.4 is 5.32 Å². The molecule has 1 saturated heterocycles. The van der Waals surface area contributed by atoms with Gasteiger partial charge in [0.05, 0.1) is 6.04 Å². The summed E-state index contributed by atoms with van der Waals surface area (Å²) in [6.45, 7) is 0. The number of hydrogen-bond donors (Lipinski definition) is 1. The van der Waals surface area contributed by atoms with Gasteiger partial charge in [-0.2, -0.15) is 0 Å². The molecule has 0 radical (unpaired) electrons. The second-order valence-corrected chi connectivity index (χ2v) is 3.82. The van der Waals surface area contributed by atoms with Gasteiger partial charge < -0.3 is 5.32 Å². The Morgan fingerprint density at radius 2 is 1.92 bits per heavy atom. The summed E-state index contributed by atoms with van der Waals surface area (Å²) in [6.07, 6.45) is 16.0. The number of nitrogens with one attached hydrogen (secondary N) is 1. The van der Waals surface area contributed by atoms with E-state index in [1.807, 2.05) is 0 Å². The van der Waals surface area contributed by atoms with E-state index in [-0.39, 0.29) is 0 Å². The van der Waals surface area contributed by atoms with Gasteiger partial charge in [0, 0.05) is 11.6 Å². The lowest BCUT2D eigenvalue weighted by Gasteiger charge is -2.15. The van der Waals surface area contributed by atoms with Crippen molar-refractivity contribution < 1.29 is 0 Å². The van der Waals surface area contributed by atoms with Crippen LogP contribution in [-0.2, 0) is 0 Å². The van der Waals surface area contributed by atoms with Crippen LogP contribution in [0, 0.1) is 5.92 Å². The normalized spacial score (nSPS) is 34.5. The Balaban J connectivity index is 2.03. The summed E-state index contributed by atoms with van der Waals surface area (Å²) in [7, 11) is 0. The summed E-state index contributed by atoms with van der Waals surface area (Å²) in [5.41, 5.74) is 2.88. The lowest BCUT2D eigenvalue weighted by Crippen LogP contribution is -2.23. The van der Waals surface area contributed by atoms with Gasteiger partial charge in [0.2, 0.25) is 0 Å². The second-order valence-electron chi connectivity index (χ2n) is 3.82. The number of allylic oxidation sites excluding steroid dienone is 5. The third-order valence-corrected chi connectivity index (χ3v) is 3.01. The fourth-order valence-electron chi connectivity index (χ4n) is 2.37. The summed E-state index contributed by atoms with van der Waals surface area (Å²) in [5.74, 6) is 0.594. The molecular weight excluding hydrogens is 158 g/mol. The van der Waals surface area contributed by atoms with E-state index in [0.29, 0.717) is 12.0 Å². The first-order valence-corrected chi connectivity index (χ1v) is 4.97. The standard InChI is InChI=1S/C12H13N/c1-3-7-11-9(5-1)10-6-2-4-8-12(10)13-11/h1,3,5-9,11,13H,2,4H2. The molecule has 0 amide bonds. The van der Waals surface area contributed by atoms with Gasteiger partial charge in [0.25, 0.3) is 0 Å². The highest BCUT2D eigenvalue weighted by Gasteiger charge is 2.32. The van der Waals surface area contributed by atoms with Crippen molar-refractivity contribution in [3.05, 3.63) is 47.7 Å². The molecule has 1 heterocycles. The fraction of sp³-hybridized carbons (Fsp3) is 0.333. The molecule has 1 nitrogen and oxygen atoms in total. The van der Waals surface area contributed by atoms with Crippen molar-refractivity contribution in [2.45, 2.75) is 18.9 Å². The average Bonchev–Trinajstić information content (AvgIpc) is 2.56. The van der Waals surface area contributed by atoms with Crippen LogP contribution in [0.3, 0.4) is 0 Å². The highest BCUT2D eigenvalue weighted by Crippen LogP contribution is 2.35. The van der Waals surface area contributed by atoms with Crippen molar-refractivity contribution in [2.24, 2.45) is 5.92 Å². The van der Waals surface area contributed by atoms with Crippen molar-refractivity contribution in [1.82, 2.24) is 5.32 Å². The van der Waals surface area contributed by atoms with Crippen molar-refractivity contribution in [1.29, 1.82) is 0 Å². The van der Waals surface area contributed by atoms with Gasteiger partial charge in [-0.1, -0.05) is 36.5 Å². The first-order chi connectivity index (χ1) is 6.45. The van der Waals surface area contributed by atoms with Gasteiger partial charge in [0.1, 0.15) is 0 Å². The topological polar surface area (TPSA) is 12.0 Å². The molecule has 0 aromatic heterocycles. The molecule has 0 saturated carbocycles. The van der Waals surface area contributed by atoms with Crippen LogP contribution >= 0.6 is 0 Å². The van der Waals surface area contributed by atoms with Crippen LogP contribution in [0.15, 0.2) is 47.7 Å². The SMILES string of the molecule is C1=CC2NC3=CCCC=C3C2C=C1. The first kappa shape index (κ1) is 7.19. The maximum atomic E-state index is 3.55. The van der Waals surface area contributed by atoms with Gasteiger partial charge in [0.15, 0.2) is 0 Å². The zero-order valence-electron chi connectivity index (χ0n) is 7.53. The molecule has 0 bridgehead atoms. The van der Waals surface area contributed by atoms with Crippen LogP contribution in [0.5, 0.6) is 0 Å². The maximum absolute atomic E-state index is 3.55. The van der Waals surface area contributed by atoms with Gasteiger partial charge in [-0.15, -0.1) is 0 Å². The minimum Gasteiger partial charge on any atom is -0.378 e. The number of hydrogen-bond acceptors (Lipinski definition) is 1. The van der Waals surface area contributed by atoms with E-state index in [1.165, 1.54) is 24.1 Å². The van der Waals surface area contributed by atoms with Gasteiger partial charge >= 0.3 is 0 Å². The molecule has 1 N–H and O–H groups in total. The molecular formula is C12H13N. The van der Waals surface area contributed by atoms with Crippen molar-refractivity contribution in [3.63, 3.8) is 0 Å². The first-order valence-electron chi connectivity index (χ1n) is 4.97. The molecule has 1 heteroatoms. The van der Waals surface area contributed by atoms with Crippen LogP contribution in [0.4, 0.5) is 0 Å². The minimum atomic E-state index is 0.514. The quantitative estimate of drug-likeness (QED) is 0.589. The summed E-state index contributed by atoms with van der Waals surface area (Å²) >= 11 is 0. The lowest BCUT2D eigenvalue weighted by molar-refractivity contribution is 0.653. The second kappa shape index (κ2) is 2.63. The molecule has 0 aromatic rings. The van der Waals surface area contributed by atoms with E-state index in [1.54, 1.807) is 0 Å². The summed E-state index contributed by atoms with van der Waals surface area (Å²) < 4.78 is 0. The van der Waals surface area contributed by atoms with Crippen LogP contribution in [0.1, 0.15) is 12.8 Å². The predicted octanol–water partition coefficient (Wildman–Crippen LogP) is 2.30. The van der Waals surface area contributed by atoms with E-state index >= 15 is 0 Å². The Kier molecular flexibility index (Phi) is 1.45. The largest absolute Gasteiger partial charge is 0.378 e. The molecule has 13 heavy (non-hydrogen) atoms. The molecule has 3 aliphatic rings. The van der Waals surface area contributed by atoms with E-state index < -0.39 is 0 Å². The third kappa shape index (κ3) is 0.998. The summed E-state index contributed by atoms with van der Waals surface area (Å²) in [4.78, 5) is 0. The average molecular weight is 171 g/mol. The van der Waals surface area contributed by atoms with E-state index in [0.717, 1.165) is 0 Å². The van der Waals surface area contributed by atoms with Gasteiger partial charge in [-0.3, -0.25) is 0 Å². The third-order valence-electron chi connectivity index (χ3n) is 3.01. The predicted molar refractivity (Wildman–Crippen MR) is 54.1 cm³/mol. The van der Waals surface area contributed by atoms with Crippen molar-refractivity contribution in [2.75, 3.05) is 0 Å². The molecule has 0 aromatic carbocycles. The molecule has 1 aliphatic heterocycles. The smallest absolute Gasteiger partial charge is 0.0551 e. The molecule has 2 aliphatic carbocycles. The Morgan fingerprint density at radius 1 is 1.08 bits per heavy atom. The zero-order chi connectivity index (χ0) is 8.67. The maximum Gasteiger partial charge on any atom is 0.0551 e. The summed E-state index contributed by atoms with van der Waals surface area (Å²) in [6, 6.07) is 0.514. The Labute approximate surface area is 78.5 Å². The van der Waals surface area contributed by atoms with Crippen molar-refractivity contribution >= 4 is 0 Å². The number of fused-ring (bicyclic) bond motifs is 3. The van der Waals surface area contributed by atoms with Gasteiger partial charge in [-0.05, 0) is 18.4 Å². The molecule has 3 rings (SSSR count). The molecule has 1 fully saturated rings. The monoisotopic (exact) mass is 171 g/mol. The molecule has 2 atom stereocenters. The van der Waals surface area contributed by atoms with Crippen LogP contribution in [0.25, 0.3) is 0 Å². The van der Waals surface area contributed by atoms with E-state index in [9.17, 15) is 0 Å². The molecule has 2 unspecified atom stereocenters. The fourth-order valence-corrected chi connectivity index (χ4v) is 2.37. The highest BCUT2D eigenvalue weighted by molar-refractivity contribution is 5.46. The summed E-state index contributed by atoms with van der Waals surface area (Å²) in [5, 5.41) is 3.55. The lowest BCUT2D eigenvalue weighted by atomic mass is 9.89. The number of rotatable bonds is 0. The van der Waals surface area contributed by atoms with Crippen LogP contribution in [0.2, 0.25) is 0 Å².